The highest BCUT2D eigenvalue weighted by Crippen LogP contribution is 2.28. The minimum atomic E-state index is -0.774. The van der Waals surface area contributed by atoms with Crippen molar-refractivity contribution >= 4 is 35.6 Å². The van der Waals surface area contributed by atoms with Gasteiger partial charge in [-0.25, -0.2) is 0 Å². The van der Waals surface area contributed by atoms with Gasteiger partial charge in [-0.05, 0) is 38.0 Å². The van der Waals surface area contributed by atoms with E-state index in [-0.39, 0.29) is 24.2 Å². The summed E-state index contributed by atoms with van der Waals surface area (Å²) in [5.41, 5.74) is 6.57. The fourth-order valence-corrected chi connectivity index (χ4v) is 2.51. The molecule has 1 aromatic carbocycles. The average molecular weight is 342 g/mol. The molecule has 1 atom stereocenters. The normalized spacial score (nSPS) is 17.0. The van der Waals surface area contributed by atoms with Crippen LogP contribution in [0.4, 0.5) is 11.4 Å². The topological polar surface area (TPSA) is 93.5 Å². The van der Waals surface area contributed by atoms with Crippen molar-refractivity contribution in [2.75, 3.05) is 17.7 Å². The van der Waals surface area contributed by atoms with Gasteiger partial charge in [0.2, 0.25) is 5.91 Å². The molecule has 6 nitrogen and oxygen atoms in total. The van der Waals surface area contributed by atoms with Gasteiger partial charge in [-0.1, -0.05) is 18.9 Å². The molecular formula is C16H24ClN3O3. The molecule has 0 saturated heterocycles. The number of ether oxygens (including phenoxy) is 1. The third kappa shape index (κ3) is 4.92. The molecule has 2 rings (SSSR count). The van der Waals surface area contributed by atoms with Gasteiger partial charge in [-0.2, -0.15) is 0 Å². The van der Waals surface area contributed by atoms with Gasteiger partial charge < -0.3 is 21.1 Å². The van der Waals surface area contributed by atoms with Crippen LogP contribution in [-0.4, -0.2) is 30.6 Å². The molecule has 128 valence electrons. The molecule has 0 aromatic heterocycles. The largest absolute Gasteiger partial charge is 0.372 e. The number of halogens is 1. The summed E-state index contributed by atoms with van der Waals surface area (Å²) in [5.74, 6) is -0.407. The molecule has 1 aliphatic carbocycles. The minimum Gasteiger partial charge on any atom is -0.372 e. The second kappa shape index (κ2) is 8.29. The van der Waals surface area contributed by atoms with Crippen molar-refractivity contribution < 1.29 is 14.3 Å². The molecule has 0 aliphatic heterocycles. The Hall–Kier alpha value is -1.63. The van der Waals surface area contributed by atoms with Gasteiger partial charge in [0.25, 0.3) is 5.91 Å². The molecule has 7 heteroatoms. The van der Waals surface area contributed by atoms with E-state index >= 15 is 0 Å². The minimum absolute atomic E-state index is 0. The van der Waals surface area contributed by atoms with Crippen molar-refractivity contribution in [1.82, 2.24) is 0 Å². The van der Waals surface area contributed by atoms with E-state index in [1.165, 1.54) is 7.11 Å². The number of hydrogen-bond acceptors (Lipinski definition) is 4. The molecule has 4 N–H and O–H groups in total. The van der Waals surface area contributed by atoms with Gasteiger partial charge in [-0.3, -0.25) is 9.59 Å². The smallest absolute Gasteiger partial charge is 0.253 e. The average Bonchev–Trinajstić information content (AvgIpc) is 2.95. The van der Waals surface area contributed by atoms with Crippen molar-refractivity contribution in [3.63, 3.8) is 0 Å². The molecule has 0 spiro atoms. The summed E-state index contributed by atoms with van der Waals surface area (Å²) in [5, 5.41) is 5.57. The van der Waals surface area contributed by atoms with Crippen LogP contribution in [0.5, 0.6) is 0 Å². The molecule has 0 heterocycles. The maximum atomic E-state index is 12.3. The molecule has 23 heavy (non-hydrogen) atoms. The van der Waals surface area contributed by atoms with Crippen LogP contribution in [0.2, 0.25) is 0 Å². The lowest BCUT2D eigenvalue weighted by molar-refractivity contribution is -0.124. The number of amides is 2. The number of rotatable bonds is 5. The lowest BCUT2D eigenvalue weighted by Gasteiger charge is -2.22. The monoisotopic (exact) mass is 341 g/mol. The van der Waals surface area contributed by atoms with Crippen molar-refractivity contribution in [2.24, 2.45) is 5.73 Å². The fraction of sp³-hybridized carbons (Fsp3) is 0.500. The lowest BCUT2D eigenvalue weighted by atomic mass is 9.98. The summed E-state index contributed by atoms with van der Waals surface area (Å²) in [7, 11) is 1.48. The summed E-state index contributed by atoms with van der Waals surface area (Å²) in [6, 6.07) is 6.99. The van der Waals surface area contributed by atoms with Crippen LogP contribution in [0.1, 0.15) is 32.6 Å². The van der Waals surface area contributed by atoms with Crippen molar-refractivity contribution in [3.8, 4) is 0 Å². The Kier molecular flexibility index (Phi) is 7.00. The molecule has 1 fully saturated rings. The van der Waals surface area contributed by atoms with Crippen molar-refractivity contribution in [1.29, 1.82) is 0 Å². The van der Waals surface area contributed by atoms with Gasteiger partial charge >= 0.3 is 0 Å². The van der Waals surface area contributed by atoms with E-state index in [1.54, 1.807) is 31.2 Å². The second-order valence-electron chi connectivity index (χ2n) is 5.77. The number of nitrogens with two attached hydrogens (primary N) is 1. The van der Waals surface area contributed by atoms with E-state index in [0.717, 1.165) is 12.8 Å². The summed E-state index contributed by atoms with van der Waals surface area (Å²) in [4.78, 5) is 24.1. The predicted octanol–water partition coefficient (Wildman–Crippen LogP) is 2.29. The number of nitrogens with one attached hydrogen (secondary N) is 2. The number of methoxy groups -OCH3 is 1. The van der Waals surface area contributed by atoms with Crippen LogP contribution in [0.15, 0.2) is 24.3 Å². The number of carbonyl (C=O) groups excluding carboxylic acids is 2. The van der Waals surface area contributed by atoms with Gasteiger partial charge in [0.1, 0.15) is 6.10 Å². The van der Waals surface area contributed by atoms with E-state index in [9.17, 15) is 9.59 Å². The first-order valence-electron chi connectivity index (χ1n) is 7.49. The SMILES string of the molecule is COC(C)C(=O)Nc1cccc(NC(=O)C2(N)CCCC2)c1.Cl. The number of benzene rings is 1. The molecule has 0 bridgehead atoms. The van der Waals surface area contributed by atoms with E-state index in [4.69, 9.17) is 10.5 Å². The van der Waals surface area contributed by atoms with E-state index in [0.29, 0.717) is 24.2 Å². The zero-order valence-corrected chi connectivity index (χ0v) is 14.2. The molecule has 2 amide bonds. The quantitative estimate of drug-likeness (QED) is 0.766. The van der Waals surface area contributed by atoms with Crippen LogP contribution < -0.4 is 16.4 Å². The molecule has 1 aromatic rings. The highest BCUT2D eigenvalue weighted by Gasteiger charge is 2.36. The summed E-state index contributed by atoms with van der Waals surface area (Å²) >= 11 is 0. The van der Waals surface area contributed by atoms with Gasteiger partial charge in [0.05, 0.1) is 5.54 Å². The van der Waals surface area contributed by atoms with Crippen LogP contribution in [0.3, 0.4) is 0 Å². The second-order valence-corrected chi connectivity index (χ2v) is 5.77. The third-order valence-corrected chi connectivity index (χ3v) is 4.06. The van der Waals surface area contributed by atoms with Crippen LogP contribution in [-0.2, 0) is 14.3 Å². The van der Waals surface area contributed by atoms with Gasteiger partial charge in [0.15, 0.2) is 0 Å². The Morgan fingerprint density at radius 2 is 1.78 bits per heavy atom. The van der Waals surface area contributed by atoms with Crippen molar-refractivity contribution in [2.45, 2.75) is 44.2 Å². The fourth-order valence-electron chi connectivity index (χ4n) is 2.51. The molecular weight excluding hydrogens is 318 g/mol. The maximum absolute atomic E-state index is 12.3. The third-order valence-electron chi connectivity index (χ3n) is 4.06. The Bertz CT molecular complexity index is 559. The Balaban J connectivity index is 0.00000264. The Morgan fingerprint density at radius 3 is 2.35 bits per heavy atom. The first-order valence-corrected chi connectivity index (χ1v) is 7.49. The lowest BCUT2D eigenvalue weighted by Crippen LogP contribution is -2.48. The van der Waals surface area contributed by atoms with Crippen LogP contribution in [0.25, 0.3) is 0 Å². The summed E-state index contributed by atoms with van der Waals surface area (Å²) in [6.07, 6.45) is 2.84. The Morgan fingerprint density at radius 1 is 1.22 bits per heavy atom. The highest BCUT2D eigenvalue weighted by molar-refractivity contribution is 5.99. The van der Waals surface area contributed by atoms with E-state index < -0.39 is 11.6 Å². The Labute approximate surface area is 142 Å². The van der Waals surface area contributed by atoms with E-state index in [1.807, 2.05) is 0 Å². The maximum Gasteiger partial charge on any atom is 0.253 e. The van der Waals surface area contributed by atoms with Gasteiger partial charge in [0, 0.05) is 18.5 Å². The zero-order chi connectivity index (χ0) is 16.2. The van der Waals surface area contributed by atoms with Crippen LogP contribution >= 0.6 is 12.4 Å². The summed E-state index contributed by atoms with van der Waals surface area (Å²) in [6.45, 7) is 1.67. The molecule has 1 unspecified atom stereocenters. The molecule has 1 saturated carbocycles. The van der Waals surface area contributed by atoms with Crippen LogP contribution in [0, 0.1) is 0 Å². The predicted molar refractivity (Wildman–Crippen MR) is 92.8 cm³/mol. The molecule has 1 aliphatic rings. The highest BCUT2D eigenvalue weighted by atomic mass is 35.5. The first kappa shape index (κ1) is 19.4. The van der Waals surface area contributed by atoms with Gasteiger partial charge in [-0.15, -0.1) is 12.4 Å². The number of anilines is 2. The van der Waals surface area contributed by atoms with Crippen molar-refractivity contribution in [3.05, 3.63) is 24.3 Å². The zero-order valence-electron chi connectivity index (χ0n) is 13.4. The first-order chi connectivity index (χ1) is 10.4. The number of hydrogen-bond donors (Lipinski definition) is 3. The standard InChI is InChI=1S/C16H23N3O3.ClH/c1-11(22-2)14(20)18-12-6-5-7-13(10-12)19-15(21)16(17)8-3-4-9-16;/h5-7,10-11H,3-4,8-9,17H2,1-2H3,(H,18,20)(H,19,21);1H. The summed E-state index contributed by atoms with van der Waals surface area (Å²) < 4.78 is 4.96. The molecule has 0 radical (unpaired) electrons. The number of carbonyl (C=O) groups is 2. The van der Waals surface area contributed by atoms with E-state index in [2.05, 4.69) is 10.6 Å².